The predicted octanol–water partition coefficient (Wildman–Crippen LogP) is 4.59. The van der Waals surface area contributed by atoms with Gasteiger partial charge in [-0.05, 0) is 51.1 Å². The highest BCUT2D eigenvalue weighted by atomic mass is 19.1. The van der Waals surface area contributed by atoms with Gasteiger partial charge in [0.2, 0.25) is 5.88 Å². The molecule has 0 unspecified atom stereocenters. The van der Waals surface area contributed by atoms with E-state index in [1.54, 1.807) is 71.3 Å². The van der Waals surface area contributed by atoms with Gasteiger partial charge in [-0.2, -0.15) is 10.2 Å². The van der Waals surface area contributed by atoms with E-state index in [4.69, 9.17) is 14.2 Å². The number of rotatable bonds is 7. The Morgan fingerprint density at radius 1 is 1.14 bits per heavy atom. The van der Waals surface area contributed by atoms with Crippen molar-refractivity contribution in [1.29, 1.82) is 5.26 Å². The Hall–Kier alpha value is -4.99. The van der Waals surface area contributed by atoms with Crippen molar-refractivity contribution in [1.82, 2.24) is 24.8 Å². The van der Waals surface area contributed by atoms with Crippen LogP contribution < -0.4 is 14.8 Å². The number of anilines is 2. The Balaban J connectivity index is 1.46. The number of hydrogen-bond donors (Lipinski definition) is 1. The van der Waals surface area contributed by atoms with E-state index in [-0.39, 0.29) is 42.6 Å². The van der Waals surface area contributed by atoms with Gasteiger partial charge in [-0.25, -0.2) is 19.2 Å². The largest absolute Gasteiger partial charge is 0.486 e. The summed E-state index contributed by atoms with van der Waals surface area (Å²) in [4.78, 5) is 40.4. The summed E-state index contributed by atoms with van der Waals surface area (Å²) in [6.45, 7) is 5.37. The van der Waals surface area contributed by atoms with Gasteiger partial charge in [0, 0.05) is 38.7 Å². The Kier molecular flexibility index (Phi) is 9.28. The maximum Gasteiger partial charge on any atom is 0.410 e. The molecule has 13 heteroatoms. The number of aromatic nitrogens is 3. The van der Waals surface area contributed by atoms with Crippen LogP contribution in [0.5, 0.6) is 11.6 Å². The standard InChI is InChI=1S/C30H34FN7O5/c1-30(2,3)43-29(40)38-12-11-24(21(31)16-38)42-23-9-7-18(13-19(23)15-32)22-14-26(34-17-33-22)35-25-10-8-20(27(36-25)41-6)28(39)37(4)5/h7-10,13-14,17,21,24H,11-12,16H2,1-6H3,(H,33,34,35,36)/t21-,24+/m1/s1. The van der Waals surface area contributed by atoms with Gasteiger partial charge >= 0.3 is 6.09 Å². The van der Waals surface area contributed by atoms with Crippen molar-refractivity contribution in [3.63, 3.8) is 0 Å². The molecular weight excluding hydrogens is 557 g/mol. The van der Waals surface area contributed by atoms with Crippen LogP contribution in [0.3, 0.4) is 0 Å². The zero-order chi connectivity index (χ0) is 31.3. The van der Waals surface area contributed by atoms with Crippen LogP contribution in [0.4, 0.5) is 20.8 Å². The Morgan fingerprint density at radius 2 is 1.91 bits per heavy atom. The molecule has 1 aliphatic heterocycles. The fourth-order valence-corrected chi connectivity index (χ4v) is 4.33. The van der Waals surface area contributed by atoms with E-state index < -0.39 is 24.0 Å². The van der Waals surface area contributed by atoms with Gasteiger partial charge in [0.1, 0.15) is 47.1 Å². The van der Waals surface area contributed by atoms with Gasteiger partial charge in [-0.3, -0.25) is 4.79 Å². The number of likely N-dealkylation sites (tertiary alicyclic amines) is 1. The summed E-state index contributed by atoms with van der Waals surface area (Å²) in [6.07, 6.45) is -1.24. The molecule has 1 N–H and O–H groups in total. The number of nitrogens with zero attached hydrogens (tertiary/aromatic N) is 6. The second-order valence-electron chi connectivity index (χ2n) is 11.1. The summed E-state index contributed by atoms with van der Waals surface area (Å²) in [5.74, 6) is 0.979. The highest BCUT2D eigenvalue weighted by Gasteiger charge is 2.35. The lowest BCUT2D eigenvalue weighted by Crippen LogP contribution is -2.50. The molecule has 0 bridgehead atoms. The number of halogens is 1. The monoisotopic (exact) mass is 591 g/mol. The van der Waals surface area contributed by atoms with Gasteiger partial charge in [0.25, 0.3) is 5.91 Å². The van der Waals surface area contributed by atoms with E-state index in [2.05, 4.69) is 26.3 Å². The van der Waals surface area contributed by atoms with E-state index in [0.717, 1.165) is 0 Å². The average molecular weight is 592 g/mol. The Labute approximate surface area is 249 Å². The number of hydrogen-bond acceptors (Lipinski definition) is 10. The van der Waals surface area contributed by atoms with Gasteiger partial charge in [-0.1, -0.05) is 0 Å². The first-order valence-electron chi connectivity index (χ1n) is 13.6. The second kappa shape index (κ2) is 12.9. The minimum atomic E-state index is -1.45. The van der Waals surface area contributed by atoms with E-state index >= 15 is 4.39 Å². The number of carbonyl (C=O) groups excluding carboxylic acids is 2. The van der Waals surface area contributed by atoms with Crippen LogP contribution in [0.15, 0.2) is 42.7 Å². The number of piperidine rings is 1. The SMILES string of the molecule is COc1nc(Nc2cc(-c3ccc(O[C@H]4CCN(C(=O)OC(C)(C)C)C[C@H]4F)c(C#N)c3)ncn2)ccc1C(=O)N(C)C. The zero-order valence-electron chi connectivity index (χ0n) is 24.9. The number of nitriles is 1. The number of nitrogens with one attached hydrogen (secondary N) is 1. The summed E-state index contributed by atoms with van der Waals surface area (Å²) in [7, 11) is 4.71. The quantitative estimate of drug-likeness (QED) is 0.414. The lowest BCUT2D eigenvalue weighted by Gasteiger charge is -2.35. The highest BCUT2D eigenvalue weighted by Crippen LogP contribution is 2.30. The van der Waals surface area contributed by atoms with Crippen molar-refractivity contribution in [2.24, 2.45) is 0 Å². The van der Waals surface area contributed by atoms with Crippen LogP contribution in [0.2, 0.25) is 0 Å². The number of ether oxygens (including phenoxy) is 3. The molecule has 3 heterocycles. The summed E-state index contributed by atoms with van der Waals surface area (Å²) in [5, 5.41) is 12.9. The molecule has 0 saturated carbocycles. The molecule has 1 aliphatic rings. The number of alkyl halides is 1. The fourth-order valence-electron chi connectivity index (χ4n) is 4.33. The number of carbonyl (C=O) groups is 2. The molecule has 1 fully saturated rings. The van der Waals surface area contributed by atoms with Crippen molar-refractivity contribution in [3.8, 4) is 29.0 Å². The topological polar surface area (TPSA) is 143 Å². The minimum absolute atomic E-state index is 0.161. The lowest BCUT2D eigenvalue weighted by molar-refractivity contribution is -0.0106. The van der Waals surface area contributed by atoms with Crippen LogP contribution >= 0.6 is 0 Å². The molecule has 12 nitrogen and oxygen atoms in total. The van der Waals surface area contributed by atoms with Crippen molar-refractivity contribution >= 4 is 23.6 Å². The van der Waals surface area contributed by atoms with Crippen LogP contribution in [0.1, 0.15) is 43.1 Å². The first-order chi connectivity index (χ1) is 20.4. The smallest absolute Gasteiger partial charge is 0.410 e. The molecule has 0 radical (unpaired) electrons. The maximum atomic E-state index is 15.0. The van der Waals surface area contributed by atoms with Gasteiger partial charge in [0.05, 0.1) is 24.9 Å². The molecule has 2 amide bonds. The van der Waals surface area contributed by atoms with Crippen LogP contribution in [-0.4, -0.2) is 88.9 Å². The Morgan fingerprint density at radius 3 is 2.56 bits per heavy atom. The van der Waals surface area contributed by atoms with Crippen LogP contribution in [0, 0.1) is 11.3 Å². The van der Waals surface area contributed by atoms with Crippen molar-refractivity contribution in [2.75, 3.05) is 39.6 Å². The second-order valence-corrected chi connectivity index (χ2v) is 11.1. The summed E-state index contributed by atoms with van der Waals surface area (Å²) < 4.78 is 31.6. The summed E-state index contributed by atoms with van der Waals surface area (Å²) in [6, 6.07) is 11.9. The highest BCUT2D eigenvalue weighted by molar-refractivity contribution is 5.96. The minimum Gasteiger partial charge on any atom is -0.486 e. The first-order valence-corrected chi connectivity index (χ1v) is 13.6. The summed E-state index contributed by atoms with van der Waals surface area (Å²) >= 11 is 0. The van der Waals surface area contributed by atoms with Gasteiger partial charge in [-0.15, -0.1) is 0 Å². The summed E-state index contributed by atoms with van der Waals surface area (Å²) in [5.41, 5.74) is 0.980. The number of benzene rings is 1. The fraction of sp³-hybridized carbons (Fsp3) is 0.400. The van der Waals surface area contributed by atoms with Gasteiger partial charge in [0.15, 0.2) is 6.17 Å². The normalized spacial score (nSPS) is 16.6. The van der Waals surface area contributed by atoms with E-state index in [0.29, 0.717) is 28.5 Å². The van der Waals surface area contributed by atoms with Crippen LogP contribution in [0.25, 0.3) is 11.3 Å². The third-order valence-corrected chi connectivity index (χ3v) is 6.42. The third-order valence-electron chi connectivity index (χ3n) is 6.42. The molecule has 43 heavy (non-hydrogen) atoms. The molecule has 4 rings (SSSR count). The number of amides is 2. The molecule has 2 aromatic heterocycles. The first kappa shape index (κ1) is 31.0. The predicted molar refractivity (Wildman–Crippen MR) is 156 cm³/mol. The lowest BCUT2D eigenvalue weighted by atomic mass is 10.0. The number of pyridine rings is 1. The number of methoxy groups -OCH3 is 1. The Bertz CT molecular complexity index is 1540. The molecule has 226 valence electrons. The molecule has 2 atom stereocenters. The van der Waals surface area contributed by atoms with E-state index in [9.17, 15) is 14.9 Å². The van der Waals surface area contributed by atoms with Crippen LogP contribution in [-0.2, 0) is 4.74 Å². The average Bonchev–Trinajstić information content (AvgIpc) is 2.97. The van der Waals surface area contributed by atoms with E-state index in [1.807, 2.05) is 0 Å². The maximum absolute atomic E-state index is 15.0. The zero-order valence-corrected chi connectivity index (χ0v) is 24.9. The van der Waals surface area contributed by atoms with Gasteiger partial charge < -0.3 is 29.3 Å². The molecular formula is C30H34FN7O5. The molecule has 0 aliphatic carbocycles. The van der Waals surface area contributed by atoms with Crippen molar-refractivity contribution < 1.29 is 28.2 Å². The molecule has 0 spiro atoms. The van der Waals surface area contributed by atoms with Crippen molar-refractivity contribution in [3.05, 3.63) is 53.9 Å². The van der Waals surface area contributed by atoms with E-state index in [1.165, 1.54) is 23.2 Å². The van der Waals surface area contributed by atoms with Crippen molar-refractivity contribution in [2.45, 2.75) is 45.1 Å². The third kappa shape index (κ3) is 7.65. The molecule has 1 saturated heterocycles. The molecule has 1 aromatic carbocycles. The molecule has 3 aromatic rings.